The Morgan fingerprint density at radius 2 is 0.818 bits per heavy atom. The molecule has 0 N–H and O–H groups in total. The van der Waals surface area contributed by atoms with Gasteiger partial charge in [-0.05, 0) is 90.3 Å². The van der Waals surface area contributed by atoms with Crippen LogP contribution >= 0.6 is 0 Å². The smallest absolute Gasteiger partial charge is 0.124 e. The molecule has 7 aromatic rings. The monoisotopic (exact) mass is 729 g/mol. The summed E-state index contributed by atoms with van der Waals surface area (Å²) in [5, 5.41) is 10.5. The zero-order valence-electron chi connectivity index (χ0n) is 33.8. The Morgan fingerprint density at radius 3 is 1.15 bits per heavy atom. The van der Waals surface area contributed by atoms with Crippen molar-refractivity contribution in [3.05, 3.63) is 121 Å². The van der Waals surface area contributed by atoms with Gasteiger partial charge in [0.05, 0.1) is 29.0 Å². The van der Waals surface area contributed by atoms with Crippen LogP contribution in [0.4, 0.5) is 22.7 Å². The molecule has 0 bridgehead atoms. The minimum Gasteiger partial charge on any atom is -0.341 e. The molecule has 0 amide bonds. The van der Waals surface area contributed by atoms with E-state index in [4.69, 9.17) is 20.2 Å². The number of fused-ring (bicyclic) bond motifs is 2. The fourth-order valence-electron chi connectivity index (χ4n) is 7.57. The number of aromatic nitrogens is 5. The molecule has 0 spiro atoms. The van der Waals surface area contributed by atoms with Gasteiger partial charge in [0.2, 0.25) is 0 Å². The van der Waals surface area contributed by atoms with E-state index in [0.29, 0.717) is 24.3 Å². The molecule has 7 nitrogen and oxygen atoms in total. The Kier molecular flexibility index (Phi) is 11.3. The van der Waals surface area contributed by atoms with Crippen LogP contribution in [0.25, 0.3) is 44.3 Å². The third-order valence-corrected chi connectivity index (χ3v) is 10.0. The van der Waals surface area contributed by atoms with E-state index in [1.807, 2.05) is 4.80 Å². The number of rotatable bonds is 14. The molecule has 282 valence electrons. The highest BCUT2D eigenvalue weighted by molar-refractivity contribution is 6.16. The highest BCUT2D eigenvalue weighted by atomic mass is 15.5. The molecule has 7 heteroatoms. The minimum absolute atomic E-state index is 0.381. The van der Waals surface area contributed by atoms with Crippen molar-refractivity contribution in [2.24, 2.45) is 17.8 Å². The molecule has 0 aliphatic heterocycles. The fourth-order valence-corrected chi connectivity index (χ4v) is 7.57. The first kappa shape index (κ1) is 37.7. The summed E-state index contributed by atoms with van der Waals surface area (Å²) in [7, 11) is 0. The Bertz CT molecular complexity index is 2180. The maximum atomic E-state index is 5.45. The van der Waals surface area contributed by atoms with Gasteiger partial charge in [-0.3, -0.25) is 0 Å². The number of nitrogens with zero attached hydrogens (tertiary/aromatic N) is 7. The lowest BCUT2D eigenvalue weighted by atomic mass is 9.94. The van der Waals surface area contributed by atoms with Crippen molar-refractivity contribution < 1.29 is 0 Å². The molecule has 2 aromatic heterocycles. The van der Waals surface area contributed by atoms with Crippen LogP contribution in [0.5, 0.6) is 0 Å². The third kappa shape index (κ3) is 7.98. The van der Waals surface area contributed by atoms with Crippen molar-refractivity contribution in [1.82, 2.24) is 25.0 Å². The number of hydrogen-bond donors (Lipinski definition) is 0. The van der Waals surface area contributed by atoms with Gasteiger partial charge in [0.1, 0.15) is 11.0 Å². The van der Waals surface area contributed by atoms with E-state index >= 15 is 0 Å². The van der Waals surface area contributed by atoms with Crippen molar-refractivity contribution in [2.45, 2.75) is 74.8 Å². The second-order valence-electron chi connectivity index (χ2n) is 15.9. The van der Waals surface area contributed by atoms with Crippen molar-refractivity contribution >= 4 is 44.8 Å². The van der Waals surface area contributed by atoms with E-state index in [9.17, 15) is 0 Å². The van der Waals surface area contributed by atoms with Gasteiger partial charge in [0.25, 0.3) is 0 Å². The van der Waals surface area contributed by atoms with Gasteiger partial charge in [-0.2, -0.15) is 15.0 Å². The predicted octanol–water partition coefficient (Wildman–Crippen LogP) is 12.1. The molecule has 5 aromatic carbocycles. The molecule has 0 saturated carbocycles. The number of hydrogen-bond acceptors (Lipinski definition) is 6. The standard InChI is InChI=1S/C48H55N7/c1-9-41-42(10-2)50-46-44(36-23-27-40(28-24-36)54(30-33(5)6)38-19-15-12-16-20-38)48-47(51-55(52-48)31-34(7)8)43(45(46)49-41)35-21-25-39(26-22-35)53(29-32(3)4)37-17-13-11-14-18-37/h11-28,32-34H,9-10,29-31H2,1-8H3. The fraction of sp³-hybridized carbons (Fsp3) is 0.333. The lowest BCUT2D eigenvalue weighted by Gasteiger charge is -2.27. The average Bonchev–Trinajstić information content (AvgIpc) is 3.60. The Morgan fingerprint density at radius 1 is 0.455 bits per heavy atom. The van der Waals surface area contributed by atoms with Crippen LogP contribution in [-0.4, -0.2) is 38.1 Å². The van der Waals surface area contributed by atoms with Gasteiger partial charge in [-0.25, -0.2) is 9.97 Å². The highest BCUT2D eigenvalue weighted by Gasteiger charge is 2.25. The van der Waals surface area contributed by atoms with E-state index in [1.165, 1.54) is 11.4 Å². The lowest BCUT2D eigenvalue weighted by Crippen LogP contribution is -2.22. The van der Waals surface area contributed by atoms with E-state index in [2.05, 4.69) is 174 Å². The Balaban J connectivity index is 1.44. The summed E-state index contributed by atoms with van der Waals surface area (Å²) in [4.78, 5) is 17.6. The molecule has 0 radical (unpaired) electrons. The van der Waals surface area contributed by atoms with Crippen molar-refractivity contribution in [3.63, 3.8) is 0 Å². The van der Waals surface area contributed by atoms with Crippen LogP contribution in [-0.2, 0) is 19.4 Å². The summed E-state index contributed by atoms with van der Waals surface area (Å²) < 4.78 is 0. The SMILES string of the molecule is CCc1nc2c(-c3ccc(N(CC(C)C)c4ccccc4)cc3)c3nn(CC(C)C)nc3c(-c3ccc(N(CC(C)C)c4ccccc4)cc3)c2nc1CC. The maximum absolute atomic E-state index is 5.45. The van der Waals surface area contributed by atoms with Crippen LogP contribution in [0.2, 0.25) is 0 Å². The summed E-state index contributed by atoms with van der Waals surface area (Å²) in [6.45, 7) is 20.4. The zero-order chi connectivity index (χ0) is 38.6. The van der Waals surface area contributed by atoms with Crippen molar-refractivity contribution in [3.8, 4) is 22.3 Å². The van der Waals surface area contributed by atoms with Crippen molar-refractivity contribution in [1.29, 1.82) is 0 Å². The molecule has 0 unspecified atom stereocenters. The summed E-state index contributed by atoms with van der Waals surface area (Å²) >= 11 is 0. The maximum Gasteiger partial charge on any atom is 0.124 e. The summed E-state index contributed by atoms with van der Waals surface area (Å²) in [5.74, 6) is 1.37. The Labute approximate surface area is 327 Å². The van der Waals surface area contributed by atoms with Gasteiger partial charge in [-0.1, -0.05) is 116 Å². The van der Waals surface area contributed by atoms with E-state index in [1.54, 1.807) is 0 Å². The van der Waals surface area contributed by atoms with Crippen molar-refractivity contribution in [2.75, 3.05) is 22.9 Å². The van der Waals surface area contributed by atoms with Gasteiger partial charge in [-0.15, -0.1) is 0 Å². The number of benzene rings is 5. The molecular weight excluding hydrogens is 675 g/mol. The quantitative estimate of drug-likeness (QED) is 0.111. The summed E-state index contributed by atoms with van der Waals surface area (Å²) in [6, 6.07) is 39.1. The van der Waals surface area contributed by atoms with E-state index < -0.39 is 0 Å². The summed E-state index contributed by atoms with van der Waals surface area (Å²) in [6.07, 6.45) is 1.61. The topological polar surface area (TPSA) is 63.0 Å². The van der Waals surface area contributed by atoms with Gasteiger partial charge in [0, 0.05) is 47.0 Å². The normalized spacial score (nSPS) is 11.8. The minimum atomic E-state index is 0.381. The molecule has 0 fully saturated rings. The molecule has 0 aliphatic rings. The largest absolute Gasteiger partial charge is 0.341 e. The van der Waals surface area contributed by atoms with Crippen LogP contribution in [0, 0.1) is 17.8 Å². The van der Waals surface area contributed by atoms with Crippen LogP contribution in [0.3, 0.4) is 0 Å². The number of aryl methyl sites for hydroxylation is 2. The molecule has 2 heterocycles. The molecule has 7 rings (SSSR count). The van der Waals surface area contributed by atoms with Gasteiger partial charge in [0.15, 0.2) is 0 Å². The second-order valence-corrected chi connectivity index (χ2v) is 15.9. The molecule has 0 atom stereocenters. The second kappa shape index (κ2) is 16.4. The molecule has 0 aliphatic carbocycles. The first-order valence-electron chi connectivity index (χ1n) is 20.1. The first-order valence-corrected chi connectivity index (χ1v) is 20.1. The third-order valence-electron chi connectivity index (χ3n) is 10.0. The number of anilines is 4. The first-order chi connectivity index (χ1) is 26.6. The lowest BCUT2D eigenvalue weighted by molar-refractivity contribution is 0.442. The van der Waals surface area contributed by atoms with Crippen LogP contribution in [0.15, 0.2) is 109 Å². The predicted molar refractivity (Wildman–Crippen MR) is 232 cm³/mol. The Hall–Kier alpha value is -5.56. The highest BCUT2D eigenvalue weighted by Crippen LogP contribution is 2.43. The number of para-hydroxylation sites is 2. The van der Waals surface area contributed by atoms with Crippen LogP contribution in [0.1, 0.15) is 66.8 Å². The van der Waals surface area contributed by atoms with E-state index in [0.717, 1.165) is 93.0 Å². The van der Waals surface area contributed by atoms with Gasteiger partial charge >= 0.3 is 0 Å². The molecular formula is C48H55N7. The van der Waals surface area contributed by atoms with Crippen LogP contribution < -0.4 is 9.80 Å². The van der Waals surface area contributed by atoms with E-state index in [-0.39, 0.29) is 0 Å². The zero-order valence-corrected chi connectivity index (χ0v) is 33.8. The van der Waals surface area contributed by atoms with Gasteiger partial charge < -0.3 is 9.80 Å². The average molecular weight is 730 g/mol. The molecule has 0 saturated heterocycles. The summed E-state index contributed by atoms with van der Waals surface area (Å²) in [5.41, 5.74) is 14.3. The molecule has 55 heavy (non-hydrogen) atoms.